The Morgan fingerprint density at radius 2 is 1.86 bits per heavy atom. The van der Waals surface area contributed by atoms with E-state index in [1.807, 2.05) is 0 Å². The smallest absolute Gasteiger partial charge is 0.0547 e. The van der Waals surface area contributed by atoms with Gasteiger partial charge in [0, 0.05) is 0 Å². The Morgan fingerprint density at radius 3 is 2.43 bits per heavy atom. The molecule has 1 aliphatic carbocycles. The van der Waals surface area contributed by atoms with Gasteiger partial charge in [0.25, 0.3) is 0 Å². The van der Waals surface area contributed by atoms with Gasteiger partial charge in [-0.3, -0.25) is 0 Å². The molecule has 0 amide bonds. The molecule has 1 saturated heterocycles. The van der Waals surface area contributed by atoms with Crippen LogP contribution in [0.2, 0.25) is 0 Å². The molecule has 0 N–H and O–H groups in total. The largest absolute Gasteiger partial charge is 0.378 e. The number of hydrogen-bond donors (Lipinski definition) is 0. The third-order valence-electron chi connectivity index (χ3n) is 3.79. The molecule has 2 aliphatic rings. The molecule has 0 spiro atoms. The molecular weight excluding hydrogens is 172 g/mol. The molecule has 1 fully saturated rings. The van der Waals surface area contributed by atoms with E-state index in [1.54, 1.807) is 0 Å². The number of rotatable bonds is 1. The number of hydrogen-bond acceptors (Lipinski definition) is 1. The van der Waals surface area contributed by atoms with E-state index in [-0.39, 0.29) is 0 Å². The van der Waals surface area contributed by atoms with Gasteiger partial charge >= 0.3 is 0 Å². The summed E-state index contributed by atoms with van der Waals surface area (Å²) in [6.45, 7) is 5.49. The molecule has 0 saturated carbocycles. The topological polar surface area (TPSA) is 9.23 Å². The summed E-state index contributed by atoms with van der Waals surface area (Å²) in [6, 6.07) is 0. The SMILES string of the molecule is CC1C=CC(C2CCC(C)OC2)CC1. The van der Waals surface area contributed by atoms with Crippen molar-refractivity contribution in [1.82, 2.24) is 0 Å². The van der Waals surface area contributed by atoms with Crippen LogP contribution >= 0.6 is 0 Å². The van der Waals surface area contributed by atoms with Crippen LogP contribution in [-0.2, 0) is 4.74 Å². The van der Waals surface area contributed by atoms with Gasteiger partial charge in [-0.2, -0.15) is 0 Å². The highest BCUT2D eigenvalue weighted by Crippen LogP contribution is 2.33. The van der Waals surface area contributed by atoms with Crippen LogP contribution in [0.5, 0.6) is 0 Å². The lowest BCUT2D eigenvalue weighted by Crippen LogP contribution is -2.29. The van der Waals surface area contributed by atoms with Gasteiger partial charge in [0.2, 0.25) is 0 Å². The van der Waals surface area contributed by atoms with Gasteiger partial charge in [-0.1, -0.05) is 19.1 Å². The molecule has 0 aromatic carbocycles. The molecule has 4 unspecified atom stereocenters. The predicted octanol–water partition coefficient (Wildman–Crippen LogP) is 3.40. The third kappa shape index (κ3) is 2.38. The summed E-state index contributed by atoms with van der Waals surface area (Å²) in [7, 11) is 0. The summed E-state index contributed by atoms with van der Waals surface area (Å²) < 4.78 is 5.74. The van der Waals surface area contributed by atoms with E-state index in [1.165, 1.54) is 25.7 Å². The fraction of sp³-hybridized carbons (Fsp3) is 0.846. The maximum Gasteiger partial charge on any atom is 0.0547 e. The lowest BCUT2D eigenvalue weighted by atomic mass is 9.79. The first-order valence-electron chi connectivity index (χ1n) is 6.05. The van der Waals surface area contributed by atoms with Crippen LogP contribution in [0.1, 0.15) is 39.5 Å². The Hall–Kier alpha value is -0.300. The molecule has 0 radical (unpaired) electrons. The Bertz CT molecular complexity index is 201. The molecule has 4 atom stereocenters. The van der Waals surface area contributed by atoms with E-state index in [4.69, 9.17) is 4.74 Å². The van der Waals surface area contributed by atoms with E-state index in [0.29, 0.717) is 6.10 Å². The van der Waals surface area contributed by atoms with Crippen molar-refractivity contribution < 1.29 is 4.74 Å². The monoisotopic (exact) mass is 194 g/mol. The van der Waals surface area contributed by atoms with Crippen LogP contribution in [0.4, 0.5) is 0 Å². The second kappa shape index (κ2) is 4.48. The molecule has 2 rings (SSSR count). The second-order valence-corrected chi connectivity index (χ2v) is 5.08. The van der Waals surface area contributed by atoms with Gasteiger partial charge in [-0.15, -0.1) is 0 Å². The van der Waals surface area contributed by atoms with Gasteiger partial charge in [0.1, 0.15) is 0 Å². The highest BCUT2D eigenvalue weighted by atomic mass is 16.5. The summed E-state index contributed by atoms with van der Waals surface area (Å²) in [4.78, 5) is 0. The minimum Gasteiger partial charge on any atom is -0.378 e. The van der Waals surface area contributed by atoms with E-state index in [2.05, 4.69) is 26.0 Å². The summed E-state index contributed by atoms with van der Waals surface area (Å²) in [5, 5.41) is 0. The molecule has 1 heterocycles. The Balaban J connectivity index is 1.87. The zero-order valence-electron chi connectivity index (χ0n) is 9.41. The van der Waals surface area contributed by atoms with E-state index < -0.39 is 0 Å². The highest BCUT2D eigenvalue weighted by molar-refractivity contribution is 4.99. The predicted molar refractivity (Wildman–Crippen MR) is 59.2 cm³/mol. The van der Waals surface area contributed by atoms with E-state index in [0.717, 1.165) is 24.4 Å². The van der Waals surface area contributed by atoms with Gasteiger partial charge in [-0.05, 0) is 50.4 Å². The standard InChI is InChI=1S/C13H22O/c1-10-3-6-12(7-4-10)13-8-5-11(2)14-9-13/h3,6,10-13H,4-5,7-9H2,1-2H3. The van der Waals surface area contributed by atoms with Crippen molar-refractivity contribution in [3.05, 3.63) is 12.2 Å². The van der Waals surface area contributed by atoms with Gasteiger partial charge in [0.15, 0.2) is 0 Å². The van der Waals surface area contributed by atoms with Crippen molar-refractivity contribution in [3.8, 4) is 0 Å². The molecule has 0 aromatic rings. The molecular formula is C13H22O. The van der Waals surface area contributed by atoms with Gasteiger partial charge in [0.05, 0.1) is 12.7 Å². The number of ether oxygens (including phenoxy) is 1. The fourth-order valence-electron chi connectivity index (χ4n) is 2.61. The minimum atomic E-state index is 0.498. The first kappa shape index (κ1) is 10.2. The maximum absolute atomic E-state index is 5.74. The highest BCUT2D eigenvalue weighted by Gasteiger charge is 2.26. The summed E-state index contributed by atoms with van der Waals surface area (Å²) >= 11 is 0. The van der Waals surface area contributed by atoms with Crippen molar-refractivity contribution in [2.75, 3.05) is 6.61 Å². The van der Waals surface area contributed by atoms with Crippen molar-refractivity contribution in [3.63, 3.8) is 0 Å². The molecule has 1 heteroatoms. The Morgan fingerprint density at radius 1 is 1.00 bits per heavy atom. The Labute approximate surface area is 87.5 Å². The Kier molecular flexibility index (Phi) is 3.27. The molecule has 1 nitrogen and oxygen atoms in total. The molecule has 0 aromatic heterocycles. The van der Waals surface area contributed by atoms with Crippen molar-refractivity contribution >= 4 is 0 Å². The van der Waals surface area contributed by atoms with Gasteiger partial charge < -0.3 is 4.74 Å². The number of allylic oxidation sites excluding steroid dienone is 2. The zero-order valence-corrected chi connectivity index (χ0v) is 9.41. The molecule has 1 aliphatic heterocycles. The van der Waals surface area contributed by atoms with Crippen LogP contribution in [-0.4, -0.2) is 12.7 Å². The second-order valence-electron chi connectivity index (χ2n) is 5.08. The molecule has 0 bridgehead atoms. The first-order chi connectivity index (χ1) is 6.75. The average Bonchev–Trinajstić information content (AvgIpc) is 2.21. The summed E-state index contributed by atoms with van der Waals surface area (Å²) in [5.41, 5.74) is 0. The maximum atomic E-state index is 5.74. The summed E-state index contributed by atoms with van der Waals surface area (Å²) in [5.74, 6) is 2.41. The van der Waals surface area contributed by atoms with Crippen molar-refractivity contribution in [2.45, 2.75) is 45.6 Å². The first-order valence-corrected chi connectivity index (χ1v) is 6.05. The van der Waals surface area contributed by atoms with Gasteiger partial charge in [-0.25, -0.2) is 0 Å². The lowest BCUT2D eigenvalue weighted by Gasteiger charge is -2.33. The van der Waals surface area contributed by atoms with Crippen LogP contribution in [0.15, 0.2) is 12.2 Å². The lowest BCUT2D eigenvalue weighted by molar-refractivity contribution is -0.0183. The van der Waals surface area contributed by atoms with E-state index in [9.17, 15) is 0 Å². The zero-order chi connectivity index (χ0) is 9.97. The van der Waals surface area contributed by atoms with E-state index >= 15 is 0 Å². The average molecular weight is 194 g/mol. The fourth-order valence-corrected chi connectivity index (χ4v) is 2.61. The minimum absolute atomic E-state index is 0.498. The quantitative estimate of drug-likeness (QED) is 0.581. The van der Waals surface area contributed by atoms with Crippen molar-refractivity contribution in [1.29, 1.82) is 0 Å². The molecule has 14 heavy (non-hydrogen) atoms. The summed E-state index contributed by atoms with van der Waals surface area (Å²) in [6.07, 6.45) is 10.7. The van der Waals surface area contributed by atoms with Crippen molar-refractivity contribution in [2.24, 2.45) is 17.8 Å². The third-order valence-corrected chi connectivity index (χ3v) is 3.79. The van der Waals surface area contributed by atoms with Crippen LogP contribution < -0.4 is 0 Å². The van der Waals surface area contributed by atoms with Crippen LogP contribution in [0.25, 0.3) is 0 Å². The van der Waals surface area contributed by atoms with Crippen LogP contribution in [0, 0.1) is 17.8 Å². The normalized spacial score (nSPS) is 43.9. The molecule has 80 valence electrons. The van der Waals surface area contributed by atoms with Crippen LogP contribution in [0.3, 0.4) is 0 Å².